The van der Waals surface area contributed by atoms with Gasteiger partial charge in [-0.25, -0.2) is 0 Å². The molecule has 0 heterocycles. The molecule has 1 unspecified atom stereocenters. The standard InChI is InChI=1S/C26H27ClN2O3/c1-19-10-6-9-15-24(19)32-18-25(30)29(17-21-13-7-8-14-22(21)27)23(26(31)28-2)16-20-11-4-3-5-12-20/h3-15,23H,16-18H2,1-2H3,(H,28,31). The maximum absolute atomic E-state index is 13.4. The Morgan fingerprint density at radius 2 is 1.62 bits per heavy atom. The molecule has 0 aliphatic rings. The van der Waals surface area contributed by atoms with Crippen LogP contribution in [-0.2, 0) is 22.6 Å². The first-order valence-electron chi connectivity index (χ1n) is 10.5. The van der Waals surface area contributed by atoms with Crippen molar-refractivity contribution in [2.45, 2.75) is 25.9 Å². The minimum absolute atomic E-state index is 0.183. The monoisotopic (exact) mass is 450 g/mol. The van der Waals surface area contributed by atoms with Crippen molar-refractivity contribution in [2.24, 2.45) is 0 Å². The number of amides is 2. The second-order valence-electron chi connectivity index (χ2n) is 7.49. The Kier molecular flexibility index (Phi) is 8.28. The van der Waals surface area contributed by atoms with Gasteiger partial charge in [-0.05, 0) is 35.7 Å². The van der Waals surface area contributed by atoms with Crippen molar-refractivity contribution < 1.29 is 14.3 Å². The third kappa shape index (κ3) is 6.11. The first kappa shape index (κ1) is 23.4. The topological polar surface area (TPSA) is 58.6 Å². The van der Waals surface area contributed by atoms with Gasteiger partial charge in [-0.15, -0.1) is 0 Å². The van der Waals surface area contributed by atoms with Gasteiger partial charge >= 0.3 is 0 Å². The molecule has 0 saturated heterocycles. The number of benzene rings is 3. The molecule has 3 rings (SSSR count). The van der Waals surface area contributed by atoms with Gasteiger partial charge in [-0.1, -0.05) is 78.3 Å². The van der Waals surface area contributed by atoms with E-state index in [9.17, 15) is 9.59 Å². The van der Waals surface area contributed by atoms with Crippen molar-refractivity contribution in [3.05, 3.63) is 101 Å². The van der Waals surface area contributed by atoms with E-state index in [2.05, 4.69) is 5.32 Å². The molecule has 0 saturated carbocycles. The Morgan fingerprint density at radius 3 is 2.31 bits per heavy atom. The van der Waals surface area contributed by atoms with Crippen LogP contribution in [0.25, 0.3) is 0 Å². The third-order valence-corrected chi connectivity index (χ3v) is 5.63. The van der Waals surface area contributed by atoms with Gasteiger partial charge in [0, 0.05) is 25.0 Å². The Labute approximate surface area is 194 Å². The second-order valence-corrected chi connectivity index (χ2v) is 7.89. The number of hydrogen-bond donors (Lipinski definition) is 1. The van der Waals surface area contributed by atoms with Gasteiger partial charge in [0.05, 0.1) is 0 Å². The normalized spacial score (nSPS) is 11.5. The predicted octanol–water partition coefficient (Wildman–Crippen LogP) is 4.41. The van der Waals surface area contributed by atoms with E-state index in [4.69, 9.17) is 16.3 Å². The number of nitrogens with one attached hydrogen (secondary N) is 1. The number of aryl methyl sites for hydroxylation is 1. The fourth-order valence-electron chi connectivity index (χ4n) is 3.47. The summed E-state index contributed by atoms with van der Waals surface area (Å²) < 4.78 is 5.81. The molecule has 5 nitrogen and oxygen atoms in total. The van der Waals surface area contributed by atoms with Gasteiger partial charge in [-0.3, -0.25) is 9.59 Å². The summed E-state index contributed by atoms with van der Waals surface area (Å²) in [6, 6.07) is 23.7. The van der Waals surface area contributed by atoms with Gasteiger partial charge < -0.3 is 15.0 Å². The first-order chi connectivity index (χ1) is 15.5. The smallest absolute Gasteiger partial charge is 0.261 e. The summed E-state index contributed by atoms with van der Waals surface area (Å²) in [5, 5.41) is 3.24. The highest BCUT2D eigenvalue weighted by Crippen LogP contribution is 2.21. The molecule has 0 aromatic heterocycles. The van der Waals surface area contributed by atoms with Crippen LogP contribution in [0, 0.1) is 6.92 Å². The summed E-state index contributed by atoms with van der Waals surface area (Å²) in [4.78, 5) is 27.8. The molecule has 166 valence electrons. The van der Waals surface area contributed by atoms with Crippen LogP contribution in [0.2, 0.25) is 5.02 Å². The molecule has 3 aromatic carbocycles. The molecule has 0 spiro atoms. The number of halogens is 1. The van der Waals surface area contributed by atoms with Gasteiger partial charge in [0.15, 0.2) is 6.61 Å². The van der Waals surface area contributed by atoms with E-state index in [0.29, 0.717) is 17.2 Å². The summed E-state index contributed by atoms with van der Waals surface area (Å²) in [6.45, 7) is 1.93. The van der Waals surface area contributed by atoms with Crippen molar-refractivity contribution in [3.8, 4) is 5.75 Å². The zero-order valence-electron chi connectivity index (χ0n) is 18.3. The summed E-state index contributed by atoms with van der Waals surface area (Å²) in [7, 11) is 1.57. The molecule has 3 aromatic rings. The van der Waals surface area contributed by atoms with E-state index in [1.165, 1.54) is 0 Å². The van der Waals surface area contributed by atoms with E-state index < -0.39 is 6.04 Å². The lowest BCUT2D eigenvalue weighted by atomic mass is 10.0. The quantitative estimate of drug-likeness (QED) is 0.525. The maximum atomic E-state index is 13.4. The maximum Gasteiger partial charge on any atom is 0.261 e. The van der Waals surface area contributed by atoms with Crippen LogP contribution in [0.1, 0.15) is 16.7 Å². The molecule has 6 heteroatoms. The highest BCUT2D eigenvalue weighted by Gasteiger charge is 2.30. The molecule has 0 aliphatic carbocycles. The number of nitrogens with zero attached hydrogens (tertiary/aromatic N) is 1. The van der Waals surface area contributed by atoms with E-state index in [1.54, 1.807) is 18.0 Å². The lowest BCUT2D eigenvalue weighted by molar-refractivity contribution is -0.142. The van der Waals surface area contributed by atoms with E-state index in [0.717, 1.165) is 16.7 Å². The lowest BCUT2D eigenvalue weighted by Crippen LogP contribution is -2.51. The van der Waals surface area contributed by atoms with Crippen molar-refractivity contribution in [1.82, 2.24) is 10.2 Å². The summed E-state index contributed by atoms with van der Waals surface area (Å²) in [5.74, 6) is 0.0981. The van der Waals surface area contributed by atoms with Crippen LogP contribution >= 0.6 is 11.6 Å². The molecular formula is C26H27ClN2O3. The summed E-state index contributed by atoms with van der Waals surface area (Å²) >= 11 is 6.38. The van der Waals surface area contributed by atoms with Crippen LogP contribution < -0.4 is 10.1 Å². The number of ether oxygens (including phenoxy) is 1. The van der Waals surface area contributed by atoms with E-state index >= 15 is 0 Å². The van der Waals surface area contributed by atoms with Gasteiger partial charge in [0.25, 0.3) is 5.91 Å². The number of rotatable bonds is 9. The highest BCUT2D eigenvalue weighted by atomic mass is 35.5. The fraction of sp³-hybridized carbons (Fsp3) is 0.231. The molecular weight excluding hydrogens is 424 g/mol. The number of likely N-dealkylation sites (N-methyl/N-ethyl adjacent to an activating group) is 1. The number of hydrogen-bond acceptors (Lipinski definition) is 3. The fourth-order valence-corrected chi connectivity index (χ4v) is 3.67. The van der Waals surface area contributed by atoms with Crippen LogP contribution in [0.3, 0.4) is 0 Å². The van der Waals surface area contributed by atoms with E-state index in [-0.39, 0.29) is 25.0 Å². The molecule has 0 fully saturated rings. The summed E-state index contributed by atoms with van der Waals surface area (Å²) in [5.41, 5.74) is 2.66. The molecule has 1 atom stereocenters. The minimum Gasteiger partial charge on any atom is -0.484 e. The molecule has 0 bridgehead atoms. The van der Waals surface area contributed by atoms with Crippen LogP contribution in [0.4, 0.5) is 0 Å². The van der Waals surface area contributed by atoms with Crippen molar-refractivity contribution in [2.75, 3.05) is 13.7 Å². The minimum atomic E-state index is -0.716. The van der Waals surface area contributed by atoms with Crippen molar-refractivity contribution in [1.29, 1.82) is 0 Å². The molecule has 0 aliphatic heterocycles. The molecule has 1 N–H and O–H groups in total. The summed E-state index contributed by atoms with van der Waals surface area (Å²) in [6.07, 6.45) is 0.376. The average Bonchev–Trinajstić information content (AvgIpc) is 2.82. The second kappa shape index (κ2) is 11.3. The van der Waals surface area contributed by atoms with Crippen molar-refractivity contribution in [3.63, 3.8) is 0 Å². The molecule has 32 heavy (non-hydrogen) atoms. The van der Waals surface area contributed by atoms with Gasteiger partial charge in [0.2, 0.25) is 5.91 Å². The highest BCUT2D eigenvalue weighted by molar-refractivity contribution is 6.31. The largest absolute Gasteiger partial charge is 0.484 e. The van der Waals surface area contributed by atoms with Crippen LogP contribution in [-0.4, -0.2) is 36.4 Å². The SMILES string of the molecule is CNC(=O)C(Cc1ccccc1)N(Cc1ccccc1Cl)C(=O)COc1ccccc1C. The Bertz CT molecular complexity index is 1060. The molecule has 2 amide bonds. The Morgan fingerprint density at radius 1 is 0.969 bits per heavy atom. The van der Waals surface area contributed by atoms with Crippen LogP contribution in [0.15, 0.2) is 78.9 Å². The van der Waals surface area contributed by atoms with E-state index in [1.807, 2.05) is 79.7 Å². The Hall–Kier alpha value is -3.31. The number of para-hydroxylation sites is 1. The third-order valence-electron chi connectivity index (χ3n) is 5.26. The predicted molar refractivity (Wildman–Crippen MR) is 127 cm³/mol. The average molecular weight is 451 g/mol. The lowest BCUT2D eigenvalue weighted by Gasteiger charge is -2.31. The van der Waals surface area contributed by atoms with Crippen molar-refractivity contribution >= 4 is 23.4 Å². The number of carbonyl (C=O) groups excluding carboxylic acids is 2. The Balaban J connectivity index is 1.89. The van der Waals surface area contributed by atoms with Gasteiger partial charge in [0.1, 0.15) is 11.8 Å². The number of carbonyl (C=O) groups is 2. The first-order valence-corrected chi connectivity index (χ1v) is 10.8. The van der Waals surface area contributed by atoms with Crippen LogP contribution in [0.5, 0.6) is 5.75 Å². The van der Waals surface area contributed by atoms with Gasteiger partial charge in [-0.2, -0.15) is 0 Å². The zero-order valence-corrected chi connectivity index (χ0v) is 19.0. The zero-order chi connectivity index (χ0) is 22.9. The molecule has 0 radical (unpaired) electrons.